The number of imidazole rings is 2. The first-order valence-corrected chi connectivity index (χ1v) is 21.9. The Hall–Kier alpha value is -7.56. The number of fused-ring (bicyclic) bond motifs is 4. The SMILES string of the molecule is CCCn1c(-c2ccccc2)nc2cc(-c3ccc4c(-c5ccccc5)c5cc(-c6ccc7c(c6)nc(-c6ccccc6)n7CCC)ccc5c(-c5ccccc5)c4c3)ccc21. The lowest BCUT2D eigenvalue weighted by Gasteiger charge is -2.19. The summed E-state index contributed by atoms with van der Waals surface area (Å²) in [7, 11) is 0. The van der Waals surface area contributed by atoms with Gasteiger partial charge in [0.1, 0.15) is 11.6 Å². The summed E-state index contributed by atoms with van der Waals surface area (Å²) in [5.41, 5.74) is 16.2. The molecule has 0 fully saturated rings. The molecule has 0 aliphatic heterocycles. The normalized spacial score (nSPS) is 11.6. The Bertz CT molecular complexity index is 3170. The first kappa shape index (κ1) is 37.4. The van der Waals surface area contributed by atoms with Crippen molar-refractivity contribution in [2.75, 3.05) is 0 Å². The Kier molecular flexibility index (Phi) is 9.54. The predicted molar refractivity (Wildman–Crippen MR) is 261 cm³/mol. The average Bonchev–Trinajstić information content (AvgIpc) is 3.89. The molecular formula is C58H46N4. The van der Waals surface area contributed by atoms with Crippen molar-refractivity contribution in [3.63, 3.8) is 0 Å². The smallest absolute Gasteiger partial charge is 0.141 e. The fourth-order valence-corrected chi connectivity index (χ4v) is 9.55. The van der Waals surface area contributed by atoms with Gasteiger partial charge in [0.05, 0.1) is 22.1 Å². The zero-order chi connectivity index (χ0) is 41.6. The lowest BCUT2D eigenvalue weighted by atomic mass is 9.84. The van der Waals surface area contributed by atoms with Crippen molar-refractivity contribution >= 4 is 43.6 Å². The van der Waals surface area contributed by atoms with E-state index in [1.807, 2.05) is 0 Å². The maximum Gasteiger partial charge on any atom is 0.141 e. The van der Waals surface area contributed by atoms with Gasteiger partial charge in [-0.15, -0.1) is 0 Å². The molecule has 0 aliphatic carbocycles. The fraction of sp³-hybridized carbons (Fsp3) is 0.103. The van der Waals surface area contributed by atoms with Crippen LogP contribution in [-0.4, -0.2) is 19.1 Å². The van der Waals surface area contributed by atoms with E-state index in [0.717, 1.165) is 70.9 Å². The van der Waals surface area contributed by atoms with Crippen LogP contribution in [0.3, 0.4) is 0 Å². The van der Waals surface area contributed by atoms with Crippen molar-refractivity contribution in [2.24, 2.45) is 0 Å². The molecule has 0 bridgehead atoms. The van der Waals surface area contributed by atoms with Crippen LogP contribution in [0.2, 0.25) is 0 Å². The molecule has 4 heteroatoms. The molecule has 4 nitrogen and oxygen atoms in total. The average molecular weight is 799 g/mol. The number of rotatable bonds is 10. The van der Waals surface area contributed by atoms with Crippen LogP contribution in [0.25, 0.3) is 111 Å². The second-order valence-corrected chi connectivity index (χ2v) is 16.3. The van der Waals surface area contributed by atoms with Gasteiger partial charge in [0, 0.05) is 24.2 Å². The molecule has 0 unspecified atom stereocenters. The third kappa shape index (κ3) is 6.47. The van der Waals surface area contributed by atoms with Gasteiger partial charge in [-0.25, -0.2) is 9.97 Å². The number of nitrogens with zero attached hydrogens (tertiary/aromatic N) is 4. The van der Waals surface area contributed by atoms with Gasteiger partial charge in [0.2, 0.25) is 0 Å². The topological polar surface area (TPSA) is 35.6 Å². The third-order valence-corrected chi connectivity index (χ3v) is 12.4. The molecule has 11 rings (SSSR count). The summed E-state index contributed by atoms with van der Waals surface area (Å²) in [5, 5.41) is 4.91. The standard InChI is InChI=1S/C58H46N4/c1-3-33-61-53-31-27-45(37-51(53)59-57(61)41-21-13-7-14-22-41)43-25-29-47-49(35-43)55(39-17-9-5-10-18-39)48-30-26-44(36-50(48)56(47)40-19-11-6-12-20-40)46-28-32-54-52(38-46)60-58(62(54)34-4-2)42-23-15-8-16-24-42/h5-32,35-38H,3-4,33-34H2,1-2H3. The van der Waals surface area contributed by atoms with Gasteiger partial charge >= 0.3 is 0 Å². The number of hydrogen-bond acceptors (Lipinski definition) is 2. The molecule has 0 saturated carbocycles. The van der Waals surface area contributed by atoms with E-state index in [4.69, 9.17) is 9.97 Å². The summed E-state index contributed by atoms with van der Waals surface area (Å²) in [4.78, 5) is 10.5. The van der Waals surface area contributed by atoms with Gasteiger partial charge in [0.15, 0.2) is 0 Å². The van der Waals surface area contributed by atoms with Crippen LogP contribution < -0.4 is 0 Å². The minimum absolute atomic E-state index is 0.917. The molecule has 11 aromatic rings. The van der Waals surface area contributed by atoms with E-state index in [-0.39, 0.29) is 0 Å². The summed E-state index contributed by atoms with van der Waals surface area (Å²) >= 11 is 0. The highest BCUT2D eigenvalue weighted by Crippen LogP contribution is 2.46. The number of aryl methyl sites for hydroxylation is 2. The second-order valence-electron chi connectivity index (χ2n) is 16.3. The second kappa shape index (κ2) is 15.8. The van der Waals surface area contributed by atoms with Gasteiger partial charge < -0.3 is 9.13 Å². The summed E-state index contributed by atoms with van der Waals surface area (Å²) in [5.74, 6) is 2.04. The minimum atomic E-state index is 0.917. The molecule has 62 heavy (non-hydrogen) atoms. The molecular weight excluding hydrogens is 753 g/mol. The van der Waals surface area contributed by atoms with E-state index < -0.39 is 0 Å². The van der Waals surface area contributed by atoms with E-state index in [1.165, 1.54) is 66.0 Å². The maximum atomic E-state index is 5.25. The zero-order valence-electron chi connectivity index (χ0n) is 35.1. The van der Waals surface area contributed by atoms with E-state index in [1.54, 1.807) is 0 Å². The van der Waals surface area contributed by atoms with E-state index in [0.29, 0.717) is 0 Å². The predicted octanol–water partition coefficient (Wildman–Crippen LogP) is 15.5. The van der Waals surface area contributed by atoms with Crippen LogP contribution in [-0.2, 0) is 13.1 Å². The largest absolute Gasteiger partial charge is 0.324 e. The lowest BCUT2D eigenvalue weighted by Crippen LogP contribution is -1.99. The number of benzene rings is 9. The van der Waals surface area contributed by atoms with Gasteiger partial charge in [-0.2, -0.15) is 0 Å². The zero-order valence-corrected chi connectivity index (χ0v) is 35.1. The molecule has 298 valence electrons. The fourth-order valence-electron chi connectivity index (χ4n) is 9.55. The van der Waals surface area contributed by atoms with Crippen LogP contribution >= 0.6 is 0 Å². The molecule has 0 amide bonds. The van der Waals surface area contributed by atoms with Crippen molar-refractivity contribution < 1.29 is 0 Å². The number of aromatic nitrogens is 4. The Balaban J connectivity index is 1.12. The Morgan fingerprint density at radius 1 is 0.323 bits per heavy atom. The lowest BCUT2D eigenvalue weighted by molar-refractivity contribution is 0.704. The Morgan fingerprint density at radius 3 is 1.03 bits per heavy atom. The molecule has 0 N–H and O–H groups in total. The molecule has 0 aliphatic rings. The minimum Gasteiger partial charge on any atom is -0.324 e. The molecule has 9 aromatic carbocycles. The third-order valence-electron chi connectivity index (χ3n) is 12.4. The van der Waals surface area contributed by atoms with Crippen LogP contribution in [0.4, 0.5) is 0 Å². The molecule has 0 radical (unpaired) electrons. The van der Waals surface area contributed by atoms with Crippen molar-refractivity contribution in [2.45, 2.75) is 39.8 Å². The molecule has 0 spiro atoms. The van der Waals surface area contributed by atoms with Crippen molar-refractivity contribution in [1.29, 1.82) is 0 Å². The summed E-state index contributed by atoms with van der Waals surface area (Å²) in [6.45, 7) is 6.29. The van der Waals surface area contributed by atoms with Crippen molar-refractivity contribution in [1.82, 2.24) is 19.1 Å². The van der Waals surface area contributed by atoms with E-state index in [2.05, 4.69) is 217 Å². The molecule has 0 saturated heterocycles. The highest BCUT2D eigenvalue weighted by molar-refractivity contribution is 6.22. The molecule has 2 heterocycles. The van der Waals surface area contributed by atoms with Gasteiger partial charge in [-0.05, 0) is 115 Å². The summed E-state index contributed by atoms with van der Waals surface area (Å²) in [6, 6.07) is 70.6. The monoisotopic (exact) mass is 798 g/mol. The van der Waals surface area contributed by atoms with Crippen molar-refractivity contribution in [3.05, 3.63) is 194 Å². The number of hydrogen-bond donors (Lipinski definition) is 0. The van der Waals surface area contributed by atoms with Gasteiger partial charge in [0.25, 0.3) is 0 Å². The van der Waals surface area contributed by atoms with Crippen LogP contribution in [0.1, 0.15) is 26.7 Å². The highest BCUT2D eigenvalue weighted by Gasteiger charge is 2.20. The van der Waals surface area contributed by atoms with Gasteiger partial charge in [-0.1, -0.05) is 172 Å². The first-order chi connectivity index (χ1) is 30.7. The quantitative estimate of drug-likeness (QED) is 0.129. The van der Waals surface area contributed by atoms with Crippen LogP contribution in [0.15, 0.2) is 194 Å². The highest BCUT2D eigenvalue weighted by atomic mass is 15.1. The summed E-state index contributed by atoms with van der Waals surface area (Å²) < 4.78 is 4.74. The Labute approximate surface area is 362 Å². The van der Waals surface area contributed by atoms with Crippen LogP contribution in [0.5, 0.6) is 0 Å². The maximum absolute atomic E-state index is 5.25. The first-order valence-electron chi connectivity index (χ1n) is 21.9. The molecule has 0 atom stereocenters. The molecule has 2 aromatic heterocycles. The summed E-state index contributed by atoms with van der Waals surface area (Å²) in [6.07, 6.45) is 2.07. The van der Waals surface area contributed by atoms with Crippen LogP contribution in [0, 0.1) is 0 Å². The van der Waals surface area contributed by atoms with Crippen molar-refractivity contribution in [3.8, 4) is 67.3 Å². The van der Waals surface area contributed by atoms with E-state index >= 15 is 0 Å². The van der Waals surface area contributed by atoms with E-state index in [9.17, 15) is 0 Å². The van der Waals surface area contributed by atoms with Gasteiger partial charge in [-0.3, -0.25) is 0 Å². The Morgan fingerprint density at radius 2 is 0.661 bits per heavy atom.